The van der Waals surface area contributed by atoms with E-state index in [2.05, 4.69) is 0 Å². The largest absolute Gasteiger partial charge is 0.394 e. The van der Waals surface area contributed by atoms with Gasteiger partial charge in [-0.15, -0.1) is 0 Å². The lowest BCUT2D eigenvalue weighted by molar-refractivity contribution is -0.242. The Morgan fingerprint density at radius 3 is 3.00 bits per heavy atom. The first-order chi connectivity index (χ1) is 9.17. The van der Waals surface area contributed by atoms with Crippen molar-refractivity contribution in [3.05, 3.63) is 34.9 Å². The smallest absolute Gasteiger partial charge is 0.175 e. The third-order valence-corrected chi connectivity index (χ3v) is 3.87. The average molecular weight is 264 g/mol. The van der Waals surface area contributed by atoms with Crippen LogP contribution in [0.25, 0.3) is 0 Å². The second kappa shape index (κ2) is 4.68. The number of hydrogen-bond acceptors (Lipinski definition) is 5. The lowest BCUT2D eigenvalue weighted by atomic mass is 9.91. The maximum Gasteiger partial charge on any atom is 0.175 e. The van der Waals surface area contributed by atoms with Gasteiger partial charge in [0.15, 0.2) is 5.79 Å². The van der Waals surface area contributed by atoms with Gasteiger partial charge in [-0.2, -0.15) is 0 Å². The predicted octanol–water partition coefficient (Wildman–Crippen LogP) is 0.410. The molecule has 19 heavy (non-hydrogen) atoms. The summed E-state index contributed by atoms with van der Waals surface area (Å²) in [4.78, 5) is 11.1. The molecule has 1 aromatic carbocycles. The first kappa shape index (κ1) is 12.7. The highest BCUT2D eigenvalue weighted by Crippen LogP contribution is 2.40. The van der Waals surface area contributed by atoms with Gasteiger partial charge in [0.05, 0.1) is 19.3 Å². The normalized spacial score (nSPS) is 33.4. The molecule has 1 fully saturated rings. The van der Waals surface area contributed by atoms with Gasteiger partial charge >= 0.3 is 0 Å². The van der Waals surface area contributed by atoms with Crippen LogP contribution in [-0.4, -0.2) is 41.1 Å². The number of aliphatic hydroxyl groups excluding tert-OH is 2. The van der Waals surface area contributed by atoms with E-state index in [1.165, 1.54) is 0 Å². The Kier molecular flexibility index (Phi) is 3.14. The standard InChI is InChI=1S/C14H16O5/c15-6-9-2-1-3-10-8-18-14(4-11(9)10)5-12(17)13(7-16)19-14/h1-3,6,12-13,16-17H,4-5,7-8H2/t12-,13+,14-/m0/s1. The molecule has 3 rings (SSSR count). The third-order valence-electron chi connectivity index (χ3n) is 3.87. The number of hydrogen-bond donors (Lipinski definition) is 2. The summed E-state index contributed by atoms with van der Waals surface area (Å²) in [5, 5.41) is 19.0. The fourth-order valence-corrected chi connectivity index (χ4v) is 2.86. The van der Waals surface area contributed by atoms with Crippen LogP contribution in [0.3, 0.4) is 0 Å². The maximum atomic E-state index is 11.1. The molecule has 5 nitrogen and oxygen atoms in total. The van der Waals surface area contributed by atoms with E-state index in [1.54, 1.807) is 6.07 Å². The Balaban J connectivity index is 1.92. The highest BCUT2D eigenvalue weighted by atomic mass is 16.7. The van der Waals surface area contributed by atoms with Gasteiger partial charge in [0.25, 0.3) is 0 Å². The summed E-state index contributed by atoms with van der Waals surface area (Å²) in [6.45, 7) is 0.107. The van der Waals surface area contributed by atoms with Crippen molar-refractivity contribution in [2.45, 2.75) is 37.4 Å². The molecule has 2 heterocycles. The Morgan fingerprint density at radius 2 is 2.32 bits per heavy atom. The number of benzene rings is 1. The molecule has 1 aromatic rings. The van der Waals surface area contributed by atoms with Crippen LogP contribution in [0.2, 0.25) is 0 Å². The molecule has 2 N–H and O–H groups in total. The van der Waals surface area contributed by atoms with E-state index in [4.69, 9.17) is 14.6 Å². The second-order valence-electron chi connectivity index (χ2n) is 5.09. The summed E-state index contributed by atoms with van der Waals surface area (Å²) >= 11 is 0. The summed E-state index contributed by atoms with van der Waals surface area (Å²) in [6, 6.07) is 5.51. The van der Waals surface area contributed by atoms with Crippen molar-refractivity contribution in [3.8, 4) is 0 Å². The van der Waals surface area contributed by atoms with Crippen molar-refractivity contribution in [2.75, 3.05) is 6.61 Å². The molecule has 0 aromatic heterocycles. The minimum atomic E-state index is -0.918. The van der Waals surface area contributed by atoms with E-state index in [0.29, 0.717) is 25.0 Å². The van der Waals surface area contributed by atoms with Crippen LogP contribution in [0.5, 0.6) is 0 Å². The van der Waals surface area contributed by atoms with Gasteiger partial charge in [-0.1, -0.05) is 18.2 Å². The lowest BCUT2D eigenvalue weighted by Crippen LogP contribution is -2.39. The van der Waals surface area contributed by atoms with E-state index >= 15 is 0 Å². The van der Waals surface area contributed by atoms with Gasteiger partial charge in [0.1, 0.15) is 12.4 Å². The predicted molar refractivity (Wildman–Crippen MR) is 65.6 cm³/mol. The topological polar surface area (TPSA) is 76.0 Å². The molecule has 1 spiro atoms. The molecule has 0 saturated carbocycles. The molecule has 2 aliphatic rings. The monoisotopic (exact) mass is 264 g/mol. The number of carbonyl (C=O) groups excluding carboxylic acids is 1. The number of aldehydes is 1. The highest BCUT2D eigenvalue weighted by molar-refractivity contribution is 5.78. The van der Waals surface area contributed by atoms with Gasteiger partial charge < -0.3 is 19.7 Å². The zero-order valence-corrected chi connectivity index (χ0v) is 10.4. The maximum absolute atomic E-state index is 11.1. The van der Waals surface area contributed by atoms with E-state index in [-0.39, 0.29) is 6.61 Å². The summed E-state index contributed by atoms with van der Waals surface area (Å²) in [6.07, 6.45) is 0.197. The fraction of sp³-hybridized carbons (Fsp3) is 0.500. The molecule has 102 valence electrons. The van der Waals surface area contributed by atoms with Crippen LogP contribution >= 0.6 is 0 Å². The van der Waals surface area contributed by atoms with Crippen molar-refractivity contribution in [1.29, 1.82) is 0 Å². The Labute approximate surface area is 110 Å². The average Bonchev–Trinajstić information content (AvgIpc) is 2.74. The van der Waals surface area contributed by atoms with E-state index in [9.17, 15) is 9.90 Å². The Hall–Kier alpha value is -1.27. The zero-order chi connectivity index (χ0) is 13.5. The fourth-order valence-electron chi connectivity index (χ4n) is 2.86. The first-order valence-electron chi connectivity index (χ1n) is 6.34. The van der Waals surface area contributed by atoms with Crippen LogP contribution in [0.4, 0.5) is 0 Å². The number of rotatable bonds is 2. The van der Waals surface area contributed by atoms with E-state index in [1.807, 2.05) is 12.1 Å². The molecule has 5 heteroatoms. The molecule has 0 amide bonds. The molecule has 0 aliphatic carbocycles. The molecule has 0 bridgehead atoms. The van der Waals surface area contributed by atoms with Gasteiger partial charge in [-0.05, 0) is 11.1 Å². The number of ether oxygens (including phenoxy) is 2. The van der Waals surface area contributed by atoms with Gasteiger partial charge in [0.2, 0.25) is 0 Å². The first-order valence-corrected chi connectivity index (χ1v) is 6.34. The highest BCUT2D eigenvalue weighted by Gasteiger charge is 2.48. The summed E-state index contributed by atoms with van der Waals surface area (Å²) in [5.74, 6) is -0.918. The van der Waals surface area contributed by atoms with E-state index < -0.39 is 18.0 Å². The van der Waals surface area contributed by atoms with Gasteiger partial charge in [-0.25, -0.2) is 0 Å². The summed E-state index contributed by atoms with van der Waals surface area (Å²) < 4.78 is 11.4. The van der Waals surface area contributed by atoms with Crippen LogP contribution in [0.1, 0.15) is 27.9 Å². The molecule has 0 unspecified atom stereocenters. The van der Waals surface area contributed by atoms with Crippen LogP contribution < -0.4 is 0 Å². The summed E-state index contributed by atoms with van der Waals surface area (Å²) in [5.41, 5.74) is 2.51. The molecule has 2 aliphatic heterocycles. The van der Waals surface area contributed by atoms with Crippen LogP contribution in [0.15, 0.2) is 18.2 Å². The number of fused-ring (bicyclic) bond motifs is 1. The lowest BCUT2D eigenvalue weighted by Gasteiger charge is -2.35. The number of carbonyl (C=O) groups is 1. The summed E-state index contributed by atoms with van der Waals surface area (Å²) in [7, 11) is 0. The molecule has 3 atom stereocenters. The van der Waals surface area contributed by atoms with Crippen molar-refractivity contribution >= 4 is 6.29 Å². The minimum Gasteiger partial charge on any atom is -0.394 e. The third kappa shape index (κ3) is 2.08. The van der Waals surface area contributed by atoms with Gasteiger partial charge in [-0.3, -0.25) is 4.79 Å². The van der Waals surface area contributed by atoms with Crippen molar-refractivity contribution in [3.63, 3.8) is 0 Å². The molecule has 1 saturated heterocycles. The van der Waals surface area contributed by atoms with E-state index in [0.717, 1.165) is 17.4 Å². The van der Waals surface area contributed by atoms with Gasteiger partial charge in [0, 0.05) is 18.4 Å². The zero-order valence-electron chi connectivity index (χ0n) is 10.4. The minimum absolute atomic E-state index is 0.242. The van der Waals surface area contributed by atoms with Crippen LogP contribution in [0, 0.1) is 0 Å². The quantitative estimate of drug-likeness (QED) is 0.757. The van der Waals surface area contributed by atoms with Crippen molar-refractivity contribution < 1.29 is 24.5 Å². The molecular formula is C14H16O5. The van der Waals surface area contributed by atoms with Crippen molar-refractivity contribution in [2.24, 2.45) is 0 Å². The SMILES string of the molecule is O=Cc1cccc2c1C[C@]1(C[C@H](O)[C@@H](CO)O1)OC2. The van der Waals surface area contributed by atoms with Crippen molar-refractivity contribution in [1.82, 2.24) is 0 Å². The second-order valence-corrected chi connectivity index (χ2v) is 5.09. The number of aliphatic hydroxyl groups is 2. The van der Waals surface area contributed by atoms with Crippen LogP contribution in [-0.2, 0) is 22.5 Å². The Bertz CT molecular complexity index is 501. The Morgan fingerprint density at radius 1 is 1.47 bits per heavy atom. The molecular weight excluding hydrogens is 248 g/mol. The molecule has 0 radical (unpaired) electrons.